The molecular formula is C15H15N3O4. The third-order valence-corrected chi connectivity index (χ3v) is 3.62. The van der Waals surface area contributed by atoms with Crippen LogP contribution in [-0.4, -0.2) is 33.4 Å². The predicted molar refractivity (Wildman–Crippen MR) is 76.7 cm³/mol. The van der Waals surface area contributed by atoms with E-state index in [2.05, 4.69) is 10.4 Å². The lowest BCUT2D eigenvalue weighted by molar-refractivity contribution is -0.139. The number of carbonyl (C=O) groups is 2. The number of carbonyl (C=O) groups excluding carboxylic acids is 1. The van der Waals surface area contributed by atoms with E-state index in [-0.39, 0.29) is 0 Å². The number of carboxylic acid groups (broad SMARTS) is 1. The average molecular weight is 301 g/mol. The maximum absolute atomic E-state index is 12.2. The van der Waals surface area contributed by atoms with Gasteiger partial charge in [-0.05, 0) is 29.3 Å². The number of benzene rings is 1. The largest absolute Gasteiger partial charge is 0.493 e. The lowest BCUT2D eigenvalue weighted by Crippen LogP contribution is -2.34. The highest BCUT2D eigenvalue weighted by atomic mass is 16.5. The number of ether oxygens (including phenoxy) is 1. The highest BCUT2D eigenvalue weighted by Crippen LogP contribution is 2.28. The van der Waals surface area contributed by atoms with Gasteiger partial charge in [0.25, 0.3) is 5.91 Å². The van der Waals surface area contributed by atoms with Crippen molar-refractivity contribution >= 4 is 11.9 Å². The molecule has 1 unspecified atom stereocenters. The molecule has 2 N–H and O–H groups in total. The third kappa shape index (κ3) is 2.52. The zero-order valence-electron chi connectivity index (χ0n) is 11.9. The predicted octanol–water partition coefficient (Wildman–Crippen LogP) is 0.911. The summed E-state index contributed by atoms with van der Waals surface area (Å²) >= 11 is 0. The van der Waals surface area contributed by atoms with E-state index in [0.29, 0.717) is 17.9 Å². The molecule has 0 radical (unpaired) electrons. The number of hydrogen-bond acceptors (Lipinski definition) is 4. The van der Waals surface area contributed by atoms with Gasteiger partial charge in [0.2, 0.25) is 0 Å². The van der Waals surface area contributed by atoms with Crippen molar-refractivity contribution < 1.29 is 19.4 Å². The molecule has 2 heterocycles. The molecule has 3 rings (SSSR count). The minimum absolute atomic E-state index is 0.302. The van der Waals surface area contributed by atoms with Crippen molar-refractivity contribution in [1.29, 1.82) is 0 Å². The third-order valence-electron chi connectivity index (χ3n) is 3.62. The van der Waals surface area contributed by atoms with E-state index in [0.717, 1.165) is 17.7 Å². The van der Waals surface area contributed by atoms with Crippen LogP contribution in [0.4, 0.5) is 0 Å². The summed E-state index contributed by atoms with van der Waals surface area (Å²) in [6.07, 6.45) is 2.22. The van der Waals surface area contributed by atoms with Crippen LogP contribution >= 0.6 is 0 Å². The molecule has 0 saturated heterocycles. The van der Waals surface area contributed by atoms with E-state index in [1.807, 2.05) is 0 Å². The normalized spacial score (nSPS) is 14.0. The number of hydrogen-bond donors (Lipinski definition) is 2. The van der Waals surface area contributed by atoms with E-state index in [9.17, 15) is 14.7 Å². The fraction of sp³-hybridized carbons (Fsp3) is 0.267. The minimum atomic E-state index is -1.12. The van der Waals surface area contributed by atoms with Gasteiger partial charge in [0, 0.05) is 19.7 Å². The number of amides is 1. The Hall–Kier alpha value is -2.83. The molecule has 1 aromatic carbocycles. The fourth-order valence-corrected chi connectivity index (χ4v) is 2.48. The molecular weight excluding hydrogens is 286 g/mol. The molecule has 0 saturated carbocycles. The Labute approximate surface area is 126 Å². The van der Waals surface area contributed by atoms with Gasteiger partial charge >= 0.3 is 5.97 Å². The van der Waals surface area contributed by atoms with Gasteiger partial charge < -0.3 is 15.2 Å². The molecule has 1 aromatic heterocycles. The Morgan fingerprint density at radius 1 is 1.41 bits per heavy atom. The first-order valence-electron chi connectivity index (χ1n) is 6.83. The molecule has 2 aromatic rings. The second-order valence-corrected chi connectivity index (χ2v) is 5.05. The second kappa shape index (κ2) is 5.51. The maximum atomic E-state index is 12.2. The molecule has 0 fully saturated rings. The Kier molecular flexibility index (Phi) is 3.54. The Bertz CT molecular complexity index is 738. The number of aliphatic carboxylic acids is 1. The highest BCUT2D eigenvalue weighted by Gasteiger charge is 2.25. The fourth-order valence-electron chi connectivity index (χ4n) is 2.48. The number of nitrogens with one attached hydrogen (secondary N) is 1. The van der Waals surface area contributed by atoms with Crippen molar-refractivity contribution in [2.24, 2.45) is 7.05 Å². The van der Waals surface area contributed by atoms with Gasteiger partial charge in [-0.2, -0.15) is 5.10 Å². The van der Waals surface area contributed by atoms with E-state index in [1.54, 1.807) is 25.2 Å². The summed E-state index contributed by atoms with van der Waals surface area (Å²) in [7, 11) is 1.62. The first kappa shape index (κ1) is 14.1. The first-order valence-corrected chi connectivity index (χ1v) is 6.83. The smallest absolute Gasteiger partial charge is 0.330 e. The van der Waals surface area contributed by atoms with Crippen LogP contribution in [0.3, 0.4) is 0 Å². The summed E-state index contributed by atoms with van der Waals surface area (Å²) in [5.74, 6) is -0.829. The van der Waals surface area contributed by atoms with Crippen molar-refractivity contribution in [1.82, 2.24) is 15.1 Å². The van der Waals surface area contributed by atoms with Crippen molar-refractivity contribution in [3.05, 3.63) is 47.3 Å². The summed E-state index contributed by atoms with van der Waals surface area (Å²) in [6, 6.07) is 5.58. The lowest BCUT2D eigenvalue weighted by atomic mass is 10.0. The monoisotopic (exact) mass is 301 g/mol. The second-order valence-electron chi connectivity index (χ2n) is 5.05. The summed E-state index contributed by atoms with van der Waals surface area (Å²) < 4.78 is 6.80. The van der Waals surface area contributed by atoms with Gasteiger partial charge in [-0.3, -0.25) is 9.48 Å². The summed E-state index contributed by atoms with van der Waals surface area (Å²) in [5.41, 5.74) is 1.78. The van der Waals surface area contributed by atoms with Crippen LogP contribution in [0.2, 0.25) is 0 Å². The van der Waals surface area contributed by atoms with Gasteiger partial charge in [0.05, 0.1) is 6.61 Å². The maximum Gasteiger partial charge on any atom is 0.330 e. The van der Waals surface area contributed by atoms with Crippen LogP contribution in [0, 0.1) is 0 Å². The number of rotatable bonds is 4. The lowest BCUT2D eigenvalue weighted by Gasteiger charge is -2.15. The van der Waals surface area contributed by atoms with Gasteiger partial charge in [-0.1, -0.05) is 6.07 Å². The molecule has 22 heavy (non-hydrogen) atoms. The molecule has 0 aliphatic carbocycles. The van der Waals surface area contributed by atoms with Crippen molar-refractivity contribution in [3.63, 3.8) is 0 Å². The van der Waals surface area contributed by atoms with Crippen molar-refractivity contribution in [2.45, 2.75) is 12.5 Å². The van der Waals surface area contributed by atoms with Crippen LogP contribution in [0.15, 0.2) is 30.5 Å². The van der Waals surface area contributed by atoms with Crippen LogP contribution in [0.1, 0.15) is 27.7 Å². The number of aromatic nitrogens is 2. The molecule has 1 atom stereocenters. The molecule has 0 bridgehead atoms. The zero-order chi connectivity index (χ0) is 15.7. The molecule has 7 heteroatoms. The molecule has 7 nitrogen and oxygen atoms in total. The topological polar surface area (TPSA) is 93.5 Å². The van der Waals surface area contributed by atoms with Gasteiger partial charge in [-0.15, -0.1) is 0 Å². The van der Waals surface area contributed by atoms with E-state index < -0.39 is 17.9 Å². The number of fused-ring (bicyclic) bond motifs is 1. The Balaban J connectivity index is 1.86. The molecule has 0 spiro atoms. The van der Waals surface area contributed by atoms with E-state index in [1.165, 1.54) is 16.9 Å². The minimum Gasteiger partial charge on any atom is -0.493 e. The summed E-state index contributed by atoms with van der Waals surface area (Å²) in [6.45, 7) is 0.595. The van der Waals surface area contributed by atoms with Crippen molar-refractivity contribution in [3.8, 4) is 5.75 Å². The SMILES string of the molecule is Cn1nccc1C(=O)NC(C(=O)O)c1ccc2c(c1)CCO2. The van der Waals surface area contributed by atoms with Crippen LogP contribution in [0.25, 0.3) is 0 Å². The van der Waals surface area contributed by atoms with Gasteiger partial charge in [-0.25, -0.2) is 4.79 Å². The van der Waals surface area contributed by atoms with Crippen molar-refractivity contribution in [2.75, 3.05) is 6.61 Å². The van der Waals surface area contributed by atoms with Crippen LogP contribution < -0.4 is 10.1 Å². The zero-order valence-corrected chi connectivity index (χ0v) is 11.9. The van der Waals surface area contributed by atoms with E-state index >= 15 is 0 Å². The number of aryl methyl sites for hydroxylation is 1. The Morgan fingerprint density at radius 3 is 2.91 bits per heavy atom. The van der Waals surface area contributed by atoms with Crippen LogP contribution in [-0.2, 0) is 18.3 Å². The molecule has 1 aliphatic rings. The summed E-state index contributed by atoms with van der Waals surface area (Å²) in [5, 5.41) is 15.9. The van der Waals surface area contributed by atoms with Gasteiger partial charge in [0.15, 0.2) is 6.04 Å². The summed E-state index contributed by atoms with van der Waals surface area (Å²) in [4.78, 5) is 23.7. The highest BCUT2D eigenvalue weighted by molar-refractivity contribution is 5.95. The van der Waals surface area contributed by atoms with Crippen LogP contribution in [0.5, 0.6) is 5.75 Å². The molecule has 1 amide bonds. The number of nitrogens with zero attached hydrogens (tertiary/aromatic N) is 2. The van der Waals surface area contributed by atoms with Gasteiger partial charge in [0.1, 0.15) is 11.4 Å². The van der Waals surface area contributed by atoms with E-state index in [4.69, 9.17) is 4.74 Å². The first-order chi connectivity index (χ1) is 10.6. The molecule has 1 aliphatic heterocycles. The standard InChI is InChI=1S/C15H15N3O4/c1-18-11(4-6-16-18)14(19)17-13(15(20)21)10-2-3-12-9(8-10)5-7-22-12/h2-4,6,8,13H,5,7H2,1H3,(H,17,19)(H,20,21). The number of carboxylic acids is 1. The average Bonchev–Trinajstić information content (AvgIpc) is 3.11. The quantitative estimate of drug-likeness (QED) is 0.875. The molecule has 114 valence electrons. The Morgan fingerprint density at radius 2 is 2.23 bits per heavy atom.